The van der Waals surface area contributed by atoms with Gasteiger partial charge in [-0.2, -0.15) is 0 Å². The number of aliphatic imine (C=N–C) groups is 1. The normalized spacial score (nSPS) is 25.5. The summed E-state index contributed by atoms with van der Waals surface area (Å²) in [5.41, 5.74) is 2.53. The number of amidine groups is 1. The molecule has 0 amide bonds. The monoisotopic (exact) mass is 373 g/mol. The highest BCUT2D eigenvalue weighted by Crippen LogP contribution is 2.35. The van der Waals surface area contributed by atoms with Crippen molar-refractivity contribution < 1.29 is 0 Å². The van der Waals surface area contributed by atoms with Crippen molar-refractivity contribution in [3.8, 4) is 0 Å². The molecule has 3 heterocycles. The van der Waals surface area contributed by atoms with Crippen LogP contribution in [0.15, 0.2) is 29.3 Å². The van der Waals surface area contributed by atoms with Crippen LogP contribution >= 0.6 is 36.6 Å². The van der Waals surface area contributed by atoms with Crippen LogP contribution in [-0.4, -0.2) is 34.4 Å². The van der Waals surface area contributed by atoms with Crippen molar-refractivity contribution in [3.05, 3.63) is 29.8 Å². The fourth-order valence-electron chi connectivity index (χ4n) is 4.01. The Labute approximate surface area is 155 Å². The fourth-order valence-corrected chi connectivity index (χ4v) is 4.84. The molecule has 1 N–H and O–H groups in total. The summed E-state index contributed by atoms with van der Waals surface area (Å²) in [5.74, 6) is 1.15. The van der Waals surface area contributed by atoms with Crippen molar-refractivity contribution in [2.45, 2.75) is 50.7 Å². The van der Waals surface area contributed by atoms with Crippen molar-refractivity contribution >= 4 is 47.4 Å². The first-order valence-corrected chi connectivity index (χ1v) is 9.16. The van der Waals surface area contributed by atoms with Gasteiger partial charge in [0, 0.05) is 30.1 Å². The molecule has 128 valence electrons. The van der Waals surface area contributed by atoms with Crippen molar-refractivity contribution in [1.82, 2.24) is 4.90 Å². The van der Waals surface area contributed by atoms with Crippen LogP contribution in [0.1, 0.15) is 37.7 Å². The molecule has 23 heavy (non-hydrogen) atoms. The van der Waals surface area contributed by atoms with Crippen LogP contribution in [0.25, 0.3) is 0 Å². The zero-order valence-corrected chi connectivity index (χ0v) is 15.7. The van der Waals surface area contributed by atoms with Gasteiger partial charge in [0.15, 0.2) is 5.17 Å². The van der Waals surface area contributed by atoms with E-state index in [1.165, 1.54) is 49.9 Å². The SMILES string of the molecule is Cl.Cl.c1ccc2c(c1)CN=C(SCCN1[C@@H]3CCC[C@H]1CC3)N2. The van der Waals surface area contributed by atoms with Gasteiger partial charge in [-0.1, -0.05) is 36.4 Å². The number of hydrogen-bond donors (Lipinski definition) is 1. The van der Waals surface area contributed by atoms with Crippen LogP contribution in [0, 0.1) is 0 Å². The topological polar surface area (TPSA) is 27.6 Å². The molecule has 1 aromatic rings. The van der Waals surface area contributed by atoms with E-state index in [9.17, 15) is 0 Å². The fraction of sp³-hybridized carbons (Fsp3) is 0.588. The van der Waals surface area contributed by atoms with E-state index in [1.807, 2.05) is 11.8 Å². The second-order valence-corrected chi connectivity index (χ2v) is 7.39. The van der Waals surface area contributed by atoms with E-state index in [0.717, 1.165) is 29.5 Å². The third kappa shape index (κ3) is 4.16. The Bertz CT molecular complexity index is 536. The molecule has 0 aliphatic carbocycles. The lowest BCUT2D eigenvalue weighted by molar-refractivity contribution is 0.150. The third-order valence-corrected chi connectivity index (χ3v) is 5.98. The average molecular weight is 374 g/mol. The van der Waals surface area contributed by atoms with Gasteiger partial charge in [-0.3, -0.25) is 9.89 Å². The van der Waals surface area contributed by atoms with E-state index in [-0.39, 0.29) is 24.8 Å². The smallest absolute Gasteiger partial charge is 0.161 e. The van der Waals surface area contributed by atoms with Crippen LogP contribution < -0.4 is 5.32 Å². The molecule has 1 aromatic carbocycles. The molecule has 0 aromatic heterocycles. The number of nitrogens with one attached hydrogen (secondary N) is 1. The van der Waals surface area contributed by atoms with Gasteiger partial charge in [0.1, 0.15) is 0 Å². The van der Waals surface area contributed by atoms with Crippen LogP contribution in [0.3, 0.4) is 0 Å². The van der Waals surface area contributed by atoms with Crippen LogP contribution in [-0.2, 0) is 6.54 Å². The lowest BCUT2D eigenvalue weighted by Gasteiger charge is -2.34. The molecule has 0 radical (unpaired) electrons. The summed E-state index contributed by atoms with van der Waals surface area (Å²) in [7, 11) is 0. The Balaban J connectivity index is 0.000000960. The summed E-state index contributed by atoms with van der Waals surface area (Å²) < 4.78 is 0. The van der Waals surface area contributed by atoms with Crippen LogP contribution in [0.2, 0.25) is 0 Å². The highest BCUT2D eigenvalue weighted by Gasteiger charge is 2.35. The largest absolute Gasteiger partial charge is 0.335 e. The van der Waals surface area contributed by atoms with Gasteiger partial charge in [0.05, 0.1) is 6.54 Å². The van der Waals surface area contributed by atoms with E-state index in [0.29, 0.717) is 0 Å². The van der Waals surface area contributed by atoms with Crippen LogP contribution in [0.5, 0.6) is 0 Å². The van der Waals surface area contributed by atoms with E-state index < -0.39 is 0 Å². The van der Waals surface area contributed by atoms with Gasteiger partial charge in [-0.25, -0.2) is 0 Å². The van der Waals surface area contributed by atoms with Crippen molar-refractivity contribution in [2.75, 3.05) is 17.6 Å². The molecule has 0 unspecified atom stereocenters. The number of benzene rings is 1. The maximum atomic E-state index is 4.66. The van der Waals surface area contributed by atoms with Crippen LogP contribution in [0.4, 0.5) is 5.69 Å². The predicted octanol–water partition coefficient (Wildman–Crippen LogP) is 4.56. The quantitative estimate of drug-likeness (QED) is 0.840. The Hall–Kier alpha value is -0.420. The number of halogens is 2. The minimum atomic E-state index is 0. The lowest BCUT2D eigenvalue weighted by Crippen LogP contribution is -2.41. The number of nitrogens with zero attached hydrogens (tertiary/aromatic N) is 2. The van der Waals surface area contributed by atoms with E-state index in [1.54, 1.807) is 0 Å². The third-order valence-electron chi connectivity index (χ3n) is 5.09. The van der Waals surface area contributed by atoms with E-state index in [2.05, 4.69) is 39.5 Å². The lowest BCUT2D eigenvalue weighted by atomic mass is 10.0. The summed E-state index contributed by atoms with van der Waals surface area (Å²) >= 11 is 1.88. The zero-order valence-electron chi connectivity index (χ0n) is 13.2. The van der Waals surface area contributed by atoms with Gasteiger partial charge in [-0.05, 0) is 37.3 Å². The number of hydrogen-bond acceptors (Lipinski definition) is 4. The first-order chi connectivity index (χ1) is 10.4. The second-order valence-electron chi connectivity index (χ2n) is 6.31. The number of para-hydroxylation sites is 1. The molecule has 4 rings (SSSR count). The van der Waals surface area contributed by atoms with Crippen molar-refractivity contribution in [3.63, 3.8) is 0 Å². The number of fused-ring (bicyclic) bond motifs is 3. The predicted molar refractivity (Wildman–Crippen MR) is 106 cm³/mol. The van der Waals surface area contributed by atoms with Gasteiger partial charge in [-0.15, -0.1) is 24.8 Å². The zero-order chi connectivity index (χ0) is 14.1. The Morgan fingerprint density at radius 3 is 2.61 bits per heavy atom. The highest BCUT2D eigenvalue weighted by atomic mass is 35.5. The van der Waals surface area contributed by atoms with E-state index in [4.69, 9.17) is 0 Å². The second kappa shape index (κ2) is 8.61. The molecule has 2 saturated heterocycles. The summed E-state index contributed by atoms with van der Waals surface area (Å²) in [6, 6.07) is 10.2. The number of anilines is 1. The molecule has 3 aliphatic rings. The Morgan fingerprint density at radius 2 is 1.83 bits per heavy atom. The minimum Gasteiger partial charge on any atom is -0.335 e. The molecule has 0 saturated carbocycles. The number of rotatable bonds is 3. The first kappa shape index (κ1) is 18.9. The Kier molecular flexibility index (Phi) is 7.08. The summed E-state index contributed by atoms with van der Waals surface area (Å²) in [5, 5.41) is 4.56. The number of piperidine rings is 1. The van der Waals surface area contributed by atoms with Crippen molar-refractivity contribution in [2.24, 2.45) is 4.99 Å². The van der Waals surface area contributed by atoms with Crippen molar-refractivity contribution in [1.29, 1.82) is 0 Å². The van der Waals surface area contributed by atoms with Gasteiger partial charge in [0.25, 0.3) is 0 Å². The summed E-state index contributed by atoms with van der Waals surface area (Å²) in [4.78, 5) is 7.43. The Morgan fingerprint density at radius 1 is 1.09 bits per heavy atom. The molecule has 2 atom stereocenters. The minimum absolute atomic E-state index is 0. The number of thioether (sulfide) groups is 1. The molecule has 3 aliphatic heterocycles. The maximum absolute atomic E-state index is 4.66. The maximum Gasteiger partial charge on any atom is 0.161 e. The first-order valence-electron chi connectivity index (χ1n) is 8.18. The molecule has 2 bridgehead atoms. The molecular weight excluding hydrogens is 349 g/mol. The molecular formula is C17H25Cl2N3S. The van der Waals surface area contributed by atoms with Gasteiger partial charge >= 0.3 is 0 Å². The van der Waals surface area contributed by atoms with Gasteiger partial charge in [0.2, 0.25) is 0 Å². The molecule has 3 nitrogen and oxygen atoms in total. The van der Waals surface area contributed by atoms with E-state index >= 15 is 0 Å². The molecule has 6 heteroatoms. The van der Waals surface area contributed by atoms with Gasteiger partial charge < -0.3 is 5.32 Å². The average Bonchev–Trinajstić information content (AvgIpc) is 2.75. The highest BCUT2D eigenvalue weighted by molar-refractivity contribution is 8.14. The molecule has 2 fully saturated rings. The summed E-state index contributed by atoms with van der Waals surface area (Å²) in [6.45, 7) is 2.04. The molecule has 0 spiro atoms. The summed E-state index contributed by atoms with van der Waals surface area (Å²) in [6.07, 6.45) is 7.16. The standard InChI is InChI=1S/C17H23N3S.2ClH/c1-2-7-16-13(4-1)12-18-17(19-16)21-11-10-20-14-5-3-6-15(20)9-8-14;;/h1-2,4,7,14-15H,3,5-6,8-12H2,(H,18,19);2*1H/t14-,15+;;.